The van der Waals surface area contributed by atoms with Crippen molar-refractivity contribution in [2.75, 3.05) is 10.6 Å². The van der Waals surface area contributed by atoms with E-state index in [9.17, 15) is 14.0 Å². The highest BCUT2D eigenvalue weighted by Crippen LogP contribution is 2.24. The Morgan fingerprint density at radius 2 is 2.00 bits per heavy atom. The smallest absolute Gasteiger partial charge is 0.267 e. The van der Waals surface area contributed by atoms with Crippen molar-refractivity contribution in [2.45, 2.75) is 32.4 Å². The molecular formula is C22H21FN4O2S. The Labute approximate surface area is 177 Å². The molecule has 3 aromatic rings. The van der Waals surface area contributed by atoms with Crippen LogP contribution in [0, 0.1) is 12.7 Å². The molecule has 0 unspecified atom stereocenters. The third kappa shape index (κ3) is 5.01. The molecule has 6 nitrogen and oxygen atoms in total. The number of anilines is 2. The van der Waals surface area contributed by atoms with E-state index in [0.29, 0.717) is 27.8 Å². The van der Waals surface area contributed by atoms with Crippen LogP contribution < -0.4 is 16.0 Å². The summed E-state index contributed by atoms with van der Waals surface area (Å²) in [6.45, 7) is 2.28. The van der Waals surface area contributed by atoms with Gasteiger partial charge < -0.3 is 16.0 Å². The van der Waals surface area contributed by atoms with Gasteiger partial charge in [0.05, 0.1) is 6.20 Å². The second-order valence-corrected chi connectivity index (χ2v) is 8.28. The molecule has 0 saturated heterocycles. The van der Waals surface area contributed by atoms with Crippen molar-refractivity contribution in [2.24, 2.45) is 0 Å². The Morgan fingerprint density at radius 3 is 2.77 bits per heavy atom. The van der Waals surface area contributed by atoms with Crippen LogP contribution in [-0.4, -0.2) is 22.8 Å². The third-order valence-electron chi connectivity index (χ3n) is 4.72. The Bertz CT molecular complexity index is 1090. The molecule has 1 heterocycles. The SMILES string of the molecule is Cc1ccc(C(=O)NC2CC2)cc1NC(=O)c1cnc(NCc2cccc(F)c2)s1. The molecule has 0 spiro atoms. The quantitative estimate of drug-likeness (QED) is 0.527. The van der Waals surface area contributed by atoms with E-state index >= 15 is 0 Å². The molecule has 1 saturated carbocycles. The molecule has 1 aliphatic carbocycles. The van der Waals surface area contributed by atoms with Gasteiger partial charge >= 0.3 is 0 Å². The van der Waals surface area contributed by atoms with Crippen molar-refractivity contribution in [1.29, 1.82) is 0 Å². The number of halogens is 1. The lowest BCUT2D eigenvalue weighted by atomic mass is 10.1. The number of benzene rings is 2. The van der Waals surface area contributed by atoms with Gasteiger partial charge in [-0.3, -0.25) is 9.59 Å². The van der Waals surface area contributed by atoms with Crippen LogP contribution >= 0.6 is 11.3 Å². The van der Waals surface area contributed by atoms with Crippen molar-refractivity contribution in [3.8, 4) is 0 Å². The Balaban J connectivity index is 1.39. The molecule has 2 aromatic carbocycles. The average molecular weight is 425 g/mol. The predicted molar refractivity (Wildman–Crippen MR) is 115 cm³/mol. The summed E-state index contributed by atoms with van der Waals surface area (Å²) in [5, 5.41) is 9.47. The number of hydrogen-bond donors (Lipinski definition) is 3. The highest BCUT2D eigenvalue weighted by atomic mass is 32.1. The van der Waals surface area contributed by atoms with Crippen LogP contribution in [0.1, 0.15) is 44.0 Å². The lowest BCUT2D eigenvalue weighted by molar-refractivity contribution is 0.0949. The number of hydrogen-bond acceptors (Lipinski definition) is 5. The lowest BCUT2D eigenvalue weighted by Gasteiger charge is -2.10. The van der Waals surface area contributed by atoms with E-state index in [1.54, 1.807) is 18.2 Å². The van der Waals surface area contributed by atoms with Crippen LogP contribution in [0.25, 0.3) is 0 Å². The molecule has 0 atom stereocenters. The van der Waals surface area contributed by atoms with Crippen LogP contribution in [0.2, 0.25) is 0 Å². The minimum absolute atomic E-state index is 0.130. The maximum atomic E-state index is 13.3. The van der Waals surface area contributed by atoms with Gasteiger partial charge in [-0.15, -0.1) is 0 Å². The van der Waals surface area contributed by atoms with E-state index in [1.807, 2.05) is 19.1 Å². The molecule has 30 heavy (non-hydrogen) atoms. The molecule has 1 aromatic heterocycles. The van der Waals surface area contributed by atoms with Crippen molar-refractivity contribution < 1.29 is 14.0 Å². The fraction of sp³-hybridized carbons (Fsp3) is 0.227. The second kappa shape index (κ2) is 8.62. The molecule has 0 aliphatic heterocycles. The Kier molecular flexibility index (Phi) is 5.76. The summed E-state index contributed by atoms with van der Waals surface area (Å²) < 4.78 is 13.3. The highest BCUT2D eigenvalue weighted by molar-refractivity contribution is 7.17. The normalized spacial score (nSPS) is 13.0. The molecule has 0 bridgehead atoms. The molecule has 154 valence electrons. The van der Waals surface area contributed by atoms with E-state index < -0.39 is 0 Å². The summed E-state index contributed by atoms with van der Waals surface area (Å²) in [5.74, 6) is -0.722. The predicted octanol–water partition coefficient (Wildman–Crippen LogP) is 4.35. The van der Waals surface area contributed by atoms with Gasteiger partial charge in [-0.05, 0) is 55.2 Å². The second-order valence-electron chi connectivity index (χ2n) is 7.24. The number of carbonyl (C=O) groups excluding carboxylic acids is 2. The maximum absolute atomic E-state index is 13.3. The fourth-order valence-electron chi connectivity index (χ4n) is 2.86. The van der Waals surface area contributed by atoms with Crippen molar-refractivity contribution >= 4 is 34.0 Å². The molecular weight excluding hydrogens is 403 g/mol. The molecule has 3 N–H and O–H groups in total. The van der Waals surface area contributed by atoms with E-state index in [4.69, 9.17) is 0 Å². The van der Waals surface area contributed by atoms with E-state index in [2.05, 4.69) is 20.9 Å². The van der Waals surface area contributed by atoms with Crippen LogP contribution in [0.5, 0.6) is 0 Å². The van der Waals surface area contributed by atoms with Crippen LogP contribution in [0.15, 0.2) is 48.7 Å². The monoisotopic (exact) mass is 424 g/mol. The molecule has 1 aliphatic rings. The van der Waals surface area contributed by atoms with Crippen molar-refractivity contribution in [3.63, 3.8) is 0 Å². The fourth-order valence-corrected chi connectivity index (χ4v) is 3.57. The first-order valence-corrected chi connectivity index (χ1v) is 10.5. The summed E-state index contributed by atoms with van der Waals surface area (Å²) in [6.07, 6.45) is 3.53. The summed E-state index contributed by atoms with van der Waals surface area (Å²) in [5.41, 5.74) is 2.75. The number of thiazole rings is 1. The standard InChI is InChI=1S/C22H21FN4O2S/c1-13-5-6-15(20(28)26-17-7-8-17)10-18(13)27-21(29)19-12-25-22(30-19)24-11-14-3-2-4-16(23)9-14/h2-6,9-10,12,17H,7-8,11H2,1H3,(H,24,25)(H,26,28)(H,27,29). The van der Waals surface area contributed by atoms with Crippen LogP contribution in [0.3, 0.4) is 0 Å². The van der Waals surface area contributed by atoms with Crippen molar-refractivity contribution in [1.82, 2.24) is 10.3 Å². The minimum Gasteiger partial charge on any atom is -0.357 e. The molecule has 2 amide bonds. The first kappa shape index (κ1) is 20.0. The largest absolute Gasteiger partial charge is 0.357 e. The maximum Gasteiger partial charge on any atom is 0.267 e. The number of nitrogens with one attached hydrogen (secondary N) is 3. The zero-order valence-corrected chi connectivity index (χ0v) is 17.2. The van der Waals surface area contributed by atoms with Gasteiger partial charge in [-0.1, -0.05) is 29.5 Å². The van der Waals surface area contributed by atoms with Gasteiger partial charge in [0.1, 0.15) is 10.7 Å². The van der Waals surface area contributed by atoms with E-state index in [0.717, 1.165) is 24.0 Å². The zero-order chi connectivity index (χ0) is 21.1. The summed E-state index contributed by atoms with van der Waals surface area (Å²) >= 11 is 1.21. The van der Waals surface area contributed by atoms with E-state index in [-0.39, 0.29) is 23.7 Å². The first-order valence-electron chi connectivity index (χ1n) is 9.65. The van der Waals surface area contributed by atoms with Gasteiger partial charge in [0.25, 0.3) is 11.8 Å². The van der Waals surface area contributed by atoms with Gasteiger partial charge in [0.2, 0.25) is 0 Å². The molecule has 4 rings (SSSR count). The number of aryl methyl sites for hydroxylation is 1. The summed E-state index contributed by atoms with van der Waals surface area (Å²) in [6, 6.07) is 11.8. The topological polar surface area (TPSA) is 83.1 Å². The highest BCUT2D eigenvalue weighted by Gasteiger charge is 2.24. The van der Waals surface area contributed by atoms with Gasteiger partial charge in [-0.2, -0.15) is 0 Å². The lowest BCUT2D eigenvalue weighted by Crippen LogP contribution is -2.25. The number of nitrogens with zero attached hydrogens (tertiary/aromatic N) is 1. The summed E-state index contributed by atoms with van der Waals surface area (Å²) in [7, 11) is 0. The molecule has 8 heteroatoms. The van der Waals surface area contributed by atoms with Crippen LogP contribution in [-0.2, 0) is 6.54 Å². The van der Waals surface area contributed by atoms with Gasteiger partial charge in [0.15, 0.2) is 5.13 Å². The zero-order valence-electron chi connectivity index (χ0n) is 16.4. The van der Waals surface area contributed by atoms with E-state index in [1.165, 1.54) is 29.7 Å². The number of aromatic nitrogens is 1. The molecule has 0 radical (unpaired) electrons. The number of rotatable bonds is 7. The minimum atomic E-state index is -0.297. The third-order valence-corrected chi connectivity index (χ3v) is 5.68. The van der Waals surface area contributed by atoms with Crippen molar-refractivity contribution in [3.05, 3.63) is 76.0 Å². The number of carbonyl (C=O) groups is 2. The summed E-state index contributed by atoms with van der Waals surface area (Å²) in [4.78, 5) is 29.6. The van der Waals surface area contributed by atoms with Gasteiger partial charge in [0, 0.05) is 23.8 Å². The van der Waals surface area contributed by atoms with Crippen LogP contribution in [0.4, 0.5) is 15.2 Å². The molecule has 1 fully saturated rings. The first-order chi connectivity index (χ1) is 14.5. The Morgan fingerprint density at radius 1 is 1.17 bits per heavy atom. The Hall–Kier alpha value is -3.26. The number of amides is 2. The van der Waals surface area contributed by atoms with Gasteiger partial charge in [-0.25, -0.2) is 9.37 Å². The average Bonchev–Trinajstić information content (AvgIpc) is 3.41.